The Morgan fingerprint density at radius 1 is 1.02 bits per heavy atom. The molecule has 10 nitrogen and oxygen atoms in total. The zero-order valence-electron chi connectivity index (χ0n) is 29.0. The van der Waals surface area contributed by atoms with Crippen LogP contribution in [0, 0.1) is 5.92 Å². The number of carbonyl (C=O) groups is 3. The highest BCUT2D eigenvalue weighted by Crippen LogP contribution is 2.37. The first kappa shape index (κ1) is 37.5. The fraction of sp³-hybridized carbons (Fsp3) is 0.595. The van der Waals surface area contributed by atoms with Crippen molar-refractivity contribution in [1.29, 1.82) is 0 Å². The number of nitrogens with zero attached hydrogens (tertiary/aromatic N) is 1. The van der Waals surface area contributed by atoms with E-state index in [4.69, 9.17) is 25.8 Å². The van der Waals surface area contributed by atoms with Gasteiger partial charge in [-0.2, -0.15) is 0 Å². The number of rotatable bonds is 13. The fourth-order valence-electron chi connectivity index (χ4n) is 6.46. The molecule has 48 heavy (non-hydrogen) atoms. The van der Waals surface area contributed by atoms with E-state index < -0.39 is 23.9 Å². The van der Waals surface area contributed by atoms with Gasteiger partial charge in [0.15, 0.2) is 0 Å². The number of nitrogens with one attached hydrogen (secondary N) is 2. The lowest BCUT2D eigenvalue weighted by Crippen LogP contribution is -2.48. The van der Waals surface area contributed by atoms with Crippen molar-refractivity contribution in [3.8, 4) is 0 Å². The van der Waals surface area contributed by atoms with Gasteiger partial charge in [-0.15, -0.1) is 0 Å². The SMILES string of the molecule is COC(=O)NCCOC(c1cccc(Cl)c1)c1cc(C(=O)NCC(CC2CCCOC2)N(C)C(=O)OC(C)(C)C)cc(C2CCCC2)c1. The first-order chi connectivity index (χ1) is 22.9. The summed E-state index contributed by atoms with van der Waals surface area (Å²) in [5.41, 5.74) is 2.65. The Morgan fingerprint density at radius 3 is 2.46 bits per heavy atom. The van der Waals surface area contributed by atoms with Gasteiger partial charge in [0.2, 0.25) is 0 Å². The van der Waals surface area contributed by atoms with Crippen molar-refractivity contribution in [3.63, 3.8) is 0 Å². The summed E-state index contributed by atoms with van der Waals surface area (Å²) >= 11 is 6.40. The molecule has 2 aromatic rings. The smallest absolute Gasteiger partial charge is 0.410 e. The molecule has 0 aromatic heterocycles. The number of amides is 3. The van der Waals surface area contributed by atoms with Gasteiger partial charge < -0.3 is 34.5 Å². The van der Waals surface area contributed by atoms with Gasteiger partial charge in [0.25, 0.3) is 5.91 Å². The van der Waals surface area contributed by atoms with Gasteiger partial charge in [0, 0.05) is 43.9 Å². The van der Waals surface area contributed by atoms with E-state index in [1.54, 1.807) is 18.0 Å². The number of methoxy groups -OCH3 is 1. The molecule has 4 rings (SSSR count). The third kappa shape index (κ3) is 11.4. The number of hydrogen-bond donors (Lipinski definition) is 2. The van der Waals surface area contributed by atoms with Crippen molar-refractivity contribution in [2.24, 2.45) is 5.92 Å². The van der Waals surface area contributed by atoms with E-state index in [2.05, 4.69) is 21.4 Å². The van der Waals surface area contributed by atoms with Gasteiger partial charge in [-0.05, 0) is 106 Å². The van der Waals surface area contributed by atoms with Crippen molar-refractivity contribution in [3.05, 3.63) is 69.7 Å². The molecule has 2 N–H and O–H groups in total. The van der Waals surface area contributed by atoms with Gasteiger partial charge in [-0.25, -0.2) is 9.59 Å². The third-order valence-electron chi connectivity index (χ3n) is 8.95. The minimum absolute atomic E-state index is 0.213. The molecule has 1 aliphatic carbocycles. The molecule has 1 saturated carbocycles. The molecule has 0 bridgehead atoms. The van der Waals surface area contributed by atoms with E-state index in [0.717, 1.165) is 61.8 Å². The number of hydrogen-bond acceptors (Lipinski definition) is 7. The average Bonchev–Trinajstić information content (AvgIpc) is 3.61. The molecule has 264 valence electrons. The number of ether oxygens (including phenoxy) is 4. The Labute approximate surface area is 290 Å². The van der Waals surface area contributed by atoms with Crippen LogP contribution in [0.2, 0.25) is 5.02 Å². The van der Waals surface area contributed by atoms with Gasteiger partial charge in [-0.1, -0.05) is 42.6 Å². The van der Waals surface area contributed by atoms with Crippen LogP contribution in [0.25, 0.3) is 0 Å². The summed E-state index contributed by atoms with van der Waals surface area (Å²) in [6, 6.07) is 13.2. The Morgan fingerprint density at radius 2 is 1.79 bits per heavy atom. The highest BCUT2D eigenvalue weighted by Gasteiger charge is 2.30. The summed E-state index contributed by atoms with van der Waals surface area (Å²) in [5, 5.41) is 6.36. The molecule has 2 aromatic carbocycles. The quantitative estimate of drug-likeness (QED) is 0.214. The van der Waals surface area contributed by atoms with Crippen LogP contribution in [0.1, 0.15) is 105 Å². The van der Waals surface area contributed by atoms with Gasteiger partial charge in [0.1, 0.15) is 11.7 Å². The van der Waals surface area contributed by atoms with Crippen LogP contribution in [-0.4, -0.2) is 81.7 Å². The van der Waals surface area contributed by atoms with Crippen molar-refractivity contribution < 1.29 is 33.3 Å². The second-order valence-electron chi connectivity index (χ2n) is 13.9. The first-order valence-electron chi connectivity index (χ1n) is 17.1. The van der Waals surface area contributed by atoms with Gasteiger partial charge in [0.05, 0.1) is 19.8 Å². The zero-order valence-corrected chi connectivity index (χ0v) is 29.8. The lowest BCUT2D eigenvalue weighted by molar-refractivity contribution is 0.0112. The molecule has 1 saturated heterocycles. The molecule has 1 heterocycles. The monoisotopic (exact) mass is 685 g/mol. The van der Waals surface area contributed by atoms with Crippen molar-refractivity contribution in [1.82, 2.24) is 15.5 Å². The van der Waals surface area contributed by atoms with E-state index in [-0.39, 0.29) is 37.6 Å². The largest absolute Gasteiger partial charge is 0.453 e. The average molecular weight is 686 g/mol. The van der Waals surface area contributed by atoms with Gasteiger partial charge >= 0.3 is 12.2 Å². The second-order valence-corrected chi connectivity index (χ2v) is 14.3. The van der Waals surface area contributed by atoms with Crippen LogP contribution in [0.5, 0.6) is 0 Å². The molecular weight excluding hydrogens is 634 g/mol. The summed E-state index contributed by atoms with van der Waals surface area (Å²) in [6.45, 7) is 7.64. The van der Waals surface area contributed by atoms with Crippen molar-refractivity contribution in [2.45, 2.75) is 89.4 Å². The summed E-state index contributed by atoms with van der Waals surface area (Å²) < 4.78 is 22.5. The standard InChI is InChI=1S/C37H52ClN3O7/c1-37(2,3)48-36(44)41(4)32(18-25-10-9-16-46-24-25)23-40-34(42)30-20-28(26-11-6-7-12-26)19-29(21-30)33(27-13-8-14-31(38)22-27)47-17-15-39-35(43)45-5/h8,13-14,19-22,25-26,32-33H,6-7,9-12,15-18,23-24H2,1-5H3,(H,39,43)(H,40,42). The van der Waals surface area contributed by atoms with Crippen LogP contribution < -0.4 is 10.6 Å². The second kappa shape index (κ2) is 17.9. The maximum Gasteiger partial charge on any atom is 0.410 e. The minimum atomic E-state index is -0.638. The number of benzene rings is 2. The minimum Gasteiger partial charge on any atom is -0.453 e. The molecular formula is C37H52ClN3O7. The number of halogens is 1. The van der Waals surface area contributed by atoms with E-state index in [1.807, 2.05) is 51.1 Å². The number of likely N-dealkylation sites (N-methyl/N-ethyl adjacent to an activating group) is 1. The summed E-state index contributed by atoms with van der Waals surface area (Å²) in [5.74, 6) is 0.401. The Balaban J connectivity index is 1.60. The predicted molar refractivity (Wildman–Crippen MR) is 186 cm³/mol. The van der Waals surface area contributed by atoms with E-state index in [0.29, 0.717) is 29.5 Å². The zero-order chi connectivity index (χ0) is 34.7. The molecule has 2 fully saturated rings. The molecule has 3 atom stereocenters. The van der Waals surface area contributed by atoms with Crippen LogP contribution in [0.3, 0.4) is 0 Å². The number of alkyl carbamates (subject to hydrolysis) is 1. The molecule has 3 amide bonds. The summed E-state index contributed by atoms with van der Waals surface area (Å²) in [6.07, 6.45) is 5.59. The lowest BCUT2D eigenvalue weighted by Gasteiger charge is -2.34. The summed E-state index contributed by atoms with van der Waals surface area (Å²) in [7, 11) is 3.05. The fourth-order valence-corrected chi connectivity index (χ4v) is 6.66. The number of carbonyl (C=O) groups excluding carboxylic acids is 3. The van der Waals surface area contributed by atoms with E-state index in [9.17, 15) is 14.4 Å². The summed E-state index contributed by atoms with van der Waals surface area (Å²) in [4.78, 5) is 40.3. The third-order valence-corrected chi connectivity index (χ3v) is 9.18. The van der Waals surface area contributed by atoms with E-state index in [1.165, 1.54) is 7.11 Å². The topological polar surface area (TPSA) is 115 Å². The van der Waals surface area contributed by atoms with Crippen LogP contribution in [0.4, 0.5) is 9.59 Å². The van der Waals surface area contributed by atoms with Crippen molar-refractivity contribution in [2.75, 3.05) is 47.1 Å². The predicted octanol–water partition coefficient (Wildman–Crippen LogP) is 7.24. The molecule has 3 unspecified atom stereocenters. The normalized spacial score (nSPS) is 18.1. The van der Waals surface area contributed by atoms with Gasteiger partial charge in [-0.3, -0.25) is 4.79 Å². The van der Waals surface area contributed by atoms with Crippen LogP contribution in [-0.2, 0) is 18.9 Å². The molecule has 0 spiro atoms. The Kier molecular flexibility index (Phi) is 14.0. The Hall–Kier alpha value is -3.34. The highest BCUT2D eigenvalue weighted by molar-refractivity contribution is 6.30. The molecule has 2 aliphatic rings. The van der Waals surface area contributed by atoms with Crippen molar-refractivity contribution >= 4 is 29.7 Å². The molecule has 11 heteroatoms. The molecule has 1 aliphatic heterocycles. The first-order valence-corrected chi connectivity index (χ1v) is 17.5. The van der Waals surface area contributed by atoms with E-state index >= 15 is 0 Å². The Bertz CT molecular complexity index is 1370. The van der Waals surface area contributed by atoms with Crippen LogP contribution in [0.15, 0.2) is 42.5 Å². The van der Waals surface area contributed by atoms with Crippen LogP contribution >= 0.6 is 11.6 Å². The molecule has 0 radical (unpaired) electrons. The maximum atomic E-state index is 14.0. The lowest BCUT2D eigenvalue weighted by atomic mass is 9.90. The maximum absolute atomic E-state index is 14.0. The highest BCUT2D eigenvalue weighted by atomic mass is 35.5.